The van der Waals surface area contributed by atoms with Crippen LogP contribution in [0.1, 0.15) is 31.3 Å². The number of amides is 1. The fourth-order valence-corrected chi connectivity index (χ4v) is 1.73. The normalized spacial score (nSPS) is 13.9. The van der Waals surface area contributed by atoms with E-state index >= 15 is 0 Å². The Kier molecular flexibility index (Phi) is 4.51. The minimum absolute atomic E-state index is 0.0243. The van der Waals surface area contributed by atoms with Gasteiger partial charge in [0, 0.05) is 6.07 Å². The molecule has 2 aromatic rings. The van der Waals surface area contributed by atoms with Crippen molar-refractivity contribution in [3.8, 4) is 11.6 Å². The standard InChI is InChI=1S/C16H21N3O3/c1-11(2)16(3,21)10-22-14-9-13(15(17)20)18-19(14)12-7-5-4-6-8-12/h4-9,11,21H,10H2,1-3H3,(H2,17,20)/t16-/m1/s1. The summed E-state index contributed by atoms with van der Waals surface area (Å²) in [7, 11) is 0. The molecule has 1 atom stereocenters. The predicted octanol–water partition coefficient (Wildman–Crippen LogP) is 1.76. The van der Waals surface area contributed by atoms with Crippen LogP contribution in [0.25, 0.3) is 5.69 Å². The van der Waals surface area contributed by atoms with Crippen molar-refractivity contribution in [3.63, 3.8) is 0 Å². The minimum atomic E-state index is -0.987. The average Bonchev–Trinajstić information content (AvgIpc) is 2.90. The number of benzene rings is 1. The van der Waals surface area contributed by atoms with E-state index in [0.29, 0.717) is 5.88 Å². The number of rotatable bonds is 6. The van der Waals surface area contributed by atoms with Gasteiger partial charge >= 0.3 is 0 Å². The molecule has 3 N–H and O–H groups in total. The number of carbonyl (C=O) groups excluding carboxylic acids is 1. The highest BCUT2D eigenvalue weighted by Crippen LogP contribution is 2.22. The van der Waals surface area contributed by atoms with E-state index in [9.17, 15) is 9.90 Å². The summed E-state index contributed by atoms with van der Waals surface area (Å²) in [5, 5.41) is 14.4. The summed E-state index contributed by atoms with van der Waals surface area (Å²) in [6.07, 6.45) is 0. The molecular formula is C16H21N3O3. The molecular weight excluding hydrogens is 282 g/mol. The molecule has 0 radical (unpaired) electrons. The van der Waals surface area contributed by atoms with Crippen molar-refractivity contribution < 1.29 is 14.6 Å². The highest BCUT2D eigenvalue weighted by Gasteiger charge is 2.27. The number of ether oxygens (including phenoxy) is 1. The summed E-state index contributed by atoms with van der Waals surface area (Å²) in [5.74, 6) is -0.243. The lowest BCUT2D eigenvalue weighted by atomic mass is 9.94. The first kappa shape index (κ1) is 16.0. The lowest BCUT2D eigenvalue weighted by Crippen LogP contribution is -2.38. The van der Waals surface area contributed by atoms with Gasteiger partial charge in [-0.25, -0.2) is 4.68 Å². The maximum atomic E-state index is 11.3. The Morgan fingerprint density at radius 3 is 2.59 bits per heavy atom. The second kappa shape index (κ2) is 6.19. The van der Waals surface area contributed by atoms with Gasteiger partial charge < -0.3 is 15.6 Å². The highest BCUT2D eigenvalue weighted by molar-refractivity contribution is 5.91. The fourth-order valence-electron chi connectivity index (χ4n) is 1.73. The summed E-state index contributed by atoms with van der Waals surface area (Å²) in [6.45, 7) is 5.61. The number of carbonyl (C=O) groups is 1. The molecule has 0 fully saturated rings. The number of nitrogens with zero attached hydrogens (tertiary/aromatic N) is 2. The quantitative estimate of drug-likeness (QED) is 0.850. The Hall–Kier alpha value is -2.34. The van der Waals surface area contributed by atoms with Crippen LogP contribution >= 0.6 is 0 Å². The van der Waals surface area contributed by atoms with E-state index in [1.54, 1.807) is 6.92 Å². The Labute approximate surface area is 129 Å². The zero-order chi connectivity index (χ0) is 16.3. The molecule has 1 amide bonds. The van der Waals surface area contributed by atoms with Crippen molar-refractivity contribution in [2.45, 2.75) is 26.4 Å². The smallest absolute Gasteiger partial charge is 0.269 e. The van der Waals surface area contributed by atoms with Gasteiger partial charge in [0.05, 0.1) is 11.3 Å². The van der Waals surface area contributed by atoms with Crippen LogP contribution in [0.3, 0.4) is 0 Å². The molecule has 0 unspecified atom stereocenters. The molecule has 1 aromatic heterocycles. The molecule has 0 bridgehead atoms. The highest BCUT2D eigenvalue weighted by atomic mass is 16.5. The van der Waals surface area contributed by atoms with E-state index in [0.717, 1.165) is 5.69 Å². The Bertz CT molecular complexity index is 648. The first-order valence-corrected chi connectivity index (χ1v) is 7.11. The number of hydrogen-bond donors (Lipinski definition) is 2. The molecule has 22 heavy (non-hydrogen) atoms. The summed E-state index contributed by atoms with van der Waals surface area (Å²) in [5.41, 5.74) is 5.16. The van der Waals surface area contributed by atoms with Crippen molar-refractivity contribution in [2.24, 2.45) is 11.7 Å². The van der Waals surface area contributed by atoms with Gasteiger partial charge in [-0.1, -0.05) is 32.0 Å². The first-order valence-electron chi connectivity index (χ1n) is 7.11. The van der Waals surface area contributed by atoms with Crippen LogP contribution in [0.2, 0.25) is 0 Å². The molecule has 0 aliphatic rings. The van der Waals surface area contributed by atoms with Crippen molar-refractivity contribution >= 4 is 5.91 Å². The number of hydrogen-bond acceptors (Lipinski definition) is 4. The molecule has 2 rings (SSSR count). The van der Waals surface area contributed by atoms with Crippen molar-refractivity contribution in [3.05, 3.63) is 42.1 Å². The molecule has 6 nitrogen and oxygen atoms in total. The third-order valence-electron chi connectivity index (χ3n) is 3.69. The van der Waals surface area contributed by atoms with Crippen LogP contribution in [0.4, 0.5) is 0 Å². The second-order valence-corrected chi connectivity index (χ2v) is 5.78. The molecule has 0 spiro atoms. The number of aliphatic hydroxyl groups is 1. The topological polar surface area (TPSA) is 90.4 Å². The third-order valence-corrected chi connectivity index (χ3v) is 3.69. The van der Waals surface area contributed by atoms with Crippen LogP contribution in [0.15, 0.2) is 36.4 Å². The predicted molar refractivity (Wildman–Crippen MR) is 83.0 cm³/mol. The number of nitrogens with two attached hydrogens (primary N) is 1. The zero-order valence-electron chi connectivity index (χ0n) is 13.0. The lowest BCUT2D eigenvalue weighted by molar-refractivity contribution is -0.0284. The van der Waals surface area contributed by atoms with Gasteiger partial charge in [-0.2, -0.15) is 5.10 Å². The van der Waals surface area contributed by atoms with Gasteiger partial charge in [-0.15, -0.1) is 0 Å². The van der Waals surface area contributed by atoms with Crippen molar-refractivity contribution in [1.29, 1.82) is 0 Å². The average molecular weight is 303 g/mol. The molecule has 0 aliphatic heterocycles. The molecule has 1 heterocycles. The van der Waals surface area contributed by atoms with E-state index in [4.69, 9.17) is 10.5 Å². The van der Waals surface area contributed by atoms with Crippen LogP contribution in [0.5, 0.6) is 5.88 Å². The van der Waals surface area contributed by atoms with E-state index in [2.05, 4.69) is 5.10 Å². The number of aromatic nitrogens is 2. The SMILES string of the molecule is CC(C)[C@](C)(O)COc1cc(C(N)=O)nn1-c1ccccc1. The summed E-state index contributed by atoms with van der Waals surface area (Å²) in [4.78, 5) is 11.3. The van der Waals surface area contributed by atoms with Crippen LogP contribution in [-0.2, 0) is 0 Å². The van der Waals surface area contributed by atoms with E-state index < -0.39 is 11.5 Å². The molecule has 118 valence electrons. The Morgan fingerprint density at radius 1 is 1.41 bits per heavy atom. The van der Waals surface area contributed by atoms with Crippen LogP contribution in [0, 0.1) is 5.92 Å². The minimum Gasteiger partial charge on any atom is -0.474 e. The molecule has 6 heteroatoms. The summed E-state index contributed by atoms with van der Waals surface area (Å²) < 4.78 is 7.19. The maximum Gasteiger partial charge on any atom is 0.269 e. The van der Waals surface area contributed by atoms with Gasteiger partial charge in [0.25, 0.3) is 5.91 Å². The third kappa shape index (κ3) is 3.46. The van der Waals surface area contributed by atoms with Gasteiger partial charge in [-0.05, 0) is 25.0 Å². The Balaban J connectivity index is 2.32. The lowest BCUT2D eigenvalue weighted by Gasteiger charge is -2.27. The first-order chi connectivity index (χ1) is 10.3. The van der Waals surface area contributed by atoms with Gasteiger partial charge in [0.15, 0.2) is 5.69 Å². The van der Waals surface area contributed by atoms with E-state index in [1.807, 2.05) is 44.2 Å². The van der Waals surface area contributed by atoms with Crippen LogP contribution in [-0.4, -0.2) is 33.0 Å². The zero-order valence-corrected chi connectivity index (χ0v) is 13.0. The van der Waals surface area contributed by atoms with Crippen molar-refractivity contribution in [2.75, 3.05) is 6.61 Å². The van der Waals surface area contributed by atoms with Gasteiger partial charge in [-0.3, -0.25) is 4.79 Å². The van der Waals surface area contributed by atoms with Gasteiger partial charge in [0.1, 0.15) is 6.61 Å². The monoisotopic (exact) mass is 303 g/mol. The molecule has 1 aromatic carbocycles. The summed E-state index contributed by atoms with van der Waals surface area (Å²) in [6, 6.07) is 10.7. The molecule has 0 aliphatic carbocycles. The molecule has 0 saturated heterocycles. The van der Waals surface area contributed by atoms with Gasteiger partial charge in [0.2, 0.25) is 5.88 Å². The van der Waals surface area contributed by atoms with E-state index in [-0.39, 0.29) is 18.2 Å². The largest absolute Gasteiger partial charge is 0.474 e. The maximum absolute atomic E-state index is 11.3. The van der Waals surface area contributed by atoms with Crippen molar-refractivity contribution in [1.82, 2.24) is 9.78 Å². The Morgan fingerprint density at radius 2 is 2.05 bits per heavy atom. The number of primary amides is 1. The summed E-state index contributed by atoms with van der Waals surface area (Å²) >= 11 is 0. The fraction of sp³-hybridized carbons (Fsp3) is 0.375. The molecule has 0 saturated carbocycles. The van der Waals surface area contributed by atoms with Crippen LogP contribution < -0.4 is 10.5 Å². The van der Waals surface area contributed by atoms with E-state index in [1.165, 1.54) is 10.7 Å². The number of para-hydroxylation sites is 1. The second-order valence-electron chi connectivity index (χ2n) is 5.78.